The lowest BCUT2D eigenvalue weighted by Gasteiger charge is -2.21. The first-order chi connectivity index (χ1) is 9.19. The van der Waals surface area contributed by atoms with Crippen LogP contribution in [0, 0.1) is 5.92 Å². The Kier molecular flexibility index (Phi) is 7.39. The molecule has 2 atom stereocenters. The summed E-state index contributed by atoms with van der Waals surface area (Å²) >= 11 is 0. The van der Waals surface area contributed by atoms with Crippen molar-refractivity contribution in [2.75, 3.05) is 11.9 Å². The highest BCUT2D eigenvalue weighted by Gasteiger charge is 2.10. The predicted molar refractivity (Wildman–Crippen MR) is 84.0 cm³/mol. The van der Waals surface area contributed by atoms with E-state index in [9.17, 15) is 0 Å². The molecule has 0 aromatic heterocycles. The van der Waals surface area contributed by atoms with Gasteiger partial charge in [0.05, 0.1) is 6.61 Å². The Morgan fingerprint density at radius 2 is 1.95 bits per heavy atom. The van der Waals surface area contributed by atoms with Crippen molar-refractivity contribution in [2.24, 2.45) is 5.92 Å². The van der Waals surface area contributed by atoms with Crippen molar-refractivity contribution in [2.45, 2.75) is 59.4 Å². The van der Waals surface area contributed by atoms with Gasteiger partial charge in [0.25, 0.3) is 0 Å². The third-order valence-electron chi connectivity index (χ3n) is 3.55. The van der Waals surface area contributed by atoms with E-state index in [0.29, 0.717) is 6.04 Å². The van der Waals surface area contributed by atoms with Gasteiger partial charge in [-0.05, 0) is 37.3 Å². The molecule has 1 rings (SSSR count). The summed E-state index contributed by atoms with van der Waals surface area (Å²) in [7, 11) is 0. The molecule has 108 valence electrons. The number of nitrogens with one attached hydrogen (secondary N) is 1. The minimum Gasteiger partial charge on any atom is -0.494 e. The first kappa shape index (κ1) is 15.9. The van der Waals surface area contributed by atoms with Gasteiger partial charge in [0.1, 0.15) is 5.75 Å². The Morgan fingerprint density at radius 1 is 1.16 bits per heavy atom. The van der Waals surface area contributed by atoms with E-state index in [1.54, 1.807) is 0 Å². The zero-order chi connectivity index (χ0) is 14.1. The van der Waals surface area contributed by atoms with E-state index in [1.165, 1.54) is 18.5 Å². The molecular formula is C17H29NO. The van der Waals surface area contributed by atoms with Crippen LogP contribution in [0.5, 0.6) is 5.75 Å². The average molecular weight is 263 g/mol. The highest BCUT2D eigenvalue weighted by molar-refractivity contribution is 5.48. The molecule has 0 radical (unpaired) electrons. The minimum absolute atomic E-state index is 0.552. The summed E-state index contributed by atoms with van der Waals surface area (Å²) < 4.78 is 5.67. The Morgan fingerprint density at radius 3 is 2.58 bits per heavy atom. The Bertz CT molecular complexity index is 351. The second kappa shape index (κ2) is 8.84. The first-order valence-electron chi connectivity index (χ1n) is 7.68. The summed E-state index contributed by atoms with van der Waals surface area (Å²) in [4.78, 5) is 0. The van der Waals surface area contributed by atoms with Gasteiger partial charge in [-0.3, -0.25) is 0 Å². The standard InChI is InChI=1S/C17H29NO/c1-5-11-19-17-10-8-9-16(13-17)18-15(7-3)12-14(4)6-2/h8-10,13-15,18H,5-7,11-12H2,1-4H3. The summed E-state index contributed by atoms with van der Waals surface area (Å²) in [5.74, 6) is 1.74. The summed E-state index contributed by atoms with van der Waals surface area (Å²) in [6.45, 7) is 9.74. The molecule has 0 aliphatic heterocycles. The number of hydrogen-bond acceptors (Lipinski definition) is 2. The van der Waals surface area contributed by atoms with Gasteiger partial charge in [-0.15, -0.1) is 0 Å². The lowest BCUT2D eigenvalue weighted by atomic mass is 9.97. The van der Waals surface area contributed by atoms with Crippen molar-refractivity contribution in [1.29, 1.82) is 0 Å². The minimum atomic E-state index is 0.552. The van der Waals surface area contributed by atoms with Gasteiger partial charge in [-0.25, -0.2) is 0 Å². The Balaban J connectivity index is 2.58. The van der Waals surface area contributed by atoms with Crippen LogP contribution < -0.4 is 10.1 Å². The average Bonchev–Trinajstić information content (AvgIpc) is 2.44. The normalized spacial score (nSPS) is 13.9. The van der Waals surface area contributed by atoms with Crippen LogP contribution in [0.4, 0.5) is 5.69 Å². The predicted octanol–water partition coefficient (Wildman–Crippen LogP) is 5.10. The van der Waals surface area contributed by atoms with Crippen molar-refractivity contribution in [3.8, 4) is 5.75 Å². The monoisotopic (exact) mass is 263 g/mol. The van der Waals surface area contributed by atoms with Gasteiger partial charge < -0.3 is 10.1 Å². The van der Waals surface area contributed by atoms with Gasteiger partial charge in [0, 0.05) is 17.8 Å². The molecule has 2 heteroatoms. The Labute approximate surface area is 118 Å². The molecule has 0 heterocycles. The van der Waals surface area contributed by atoms with Crippen LogP contribution in [-0.2, 0) is 0 Å². The van der Waals surface area contributed by atoms with Gasteiger partial charge >= 0.3 is 0 Å². The molecule has 0 saturated carbocycles. The van der Waals surface area contributed by atoms with Crippen LogP contribution in [0.2, 0.25) is 0 Å². The third kappa shape index (κ3) is 6.00. The topological polar surface area (TPSA) is 21.3 Å². The molecule has 0 saturated heterocycles. The lowest BCUT2D eigenvalue weighted by Crippen LogP contribution is -2.21. The van der Waals surface area contributed by atoms with Crippen LogP contribution in [0.1, 0.15) is 53.4 Å². The lowest BCUT2D eigenvalue weighted by molar-refractivity contribution is 0.317. The maximum absolute atomic E-state index is 5.67. The smallest absolute Gasteiger partial charge is 0.121 e. The largest absolute Gasteiger partial charge is 0.494 e. The molecule has 0 aliphatic carbocycles. The summed E-state index contributed by atoms with van der Waals surface area (Å²) in [6.07, 6.45) is 4.68. The van der Waals surface area contributed by atoms with Crippen LogP contribution in [0.25, 0.3) is 0 Å². The molecular weight excluding hydrogens is 234 g/mol. The maximum Gasteiger partial charge on any atom is 0.121 e. The molecule has 0 aliphatic rings. The highest BCUT2D eigenvalue weighted by atomic mass is 16.5. The van der Waals surface area contributed by atoms with Crippen LogP contribution in [0.15, 0.2) is 24.3 Å². The first-order valence-corrected chi connectivity index (χ1v) is 7.68. The molecule has 0 amide bonds. The SMILES string of the molecule is CCCOc1cccc(NC(CC)CC(C)CC)c1. The van der Waals surface area contributed by atoms with E-state index in [2.05, 4.69) is 51.2 Å². The van der Waals surface area contributed by atoms with Gasteiger partial charge in [0.2, 0.25) is 0 Å². The molecule has 2 unspecified atom stereocenters. The zero-order valence-electron chi connectivity index (χ0n) is 12.9. The molecule has 0 bridgehead atoms. The number of ether oxygens (including phenoxy) is 1. The van der Waals surface area contributed by atoms with E-state index < -0.39 is 0 Å². The summed E-state index contributed by atoms with van der Waals surface area (Å²) in [5.41, 5.74) is 1.17. The molecule has 1 aromatic carbocycles. The van der Waals surface area contributed by atoms with Gasteiger partial charge in [-0.2, -0.15) is 0 Å². The van der Waals surface area contributed by atoms with Crippen LogP contribution in [-0.4, -0.2) is 12.6 Å². The van der Waals surface area contributed by atoms with Gasteiger partial charge in [-0.1, -0.05) is 40.2 Å². The van der Waals surface area contributed by atoms with Crippen molar-refractivity contribution in [3.05, 3.63) is 24.3 Å². The van der Waals surface area contributed by atoms with Crippen molar-refractivity contribution in [3.63, 3.8) is 0 Å². The molecule has 0 spiro atoms. The Hall–Kier alpha value is -1.18. The fraction of sp³-hybridized carbons (Fsp3) is 0.647. The van der Waals surface area contributed by atoms with Crippen LogP contribution in [0.3, 0.4) is 0 Å². The maximum atomic E-state index is 5.67. The number of anilines is 1. The second-order valence-corrected chi connectivity index (χ2v) is 5.37. The van der Waals surface area contributed by atoms with Crippen LogP contribution >= 0.6 is 0 Å². The van der Waals surface area contributed by atoms with E-state index in [4.69, 9.17) is 4.74 Å². The fourth-order valence-electron chi connectivity index (χ4n) is 2.11. The van der Waals surface area contributed by atoms with E-state index in [1.807, 2.05) is 6.07 Å². The molecule has 2 nitrogen and oxygen atoms in total. The fourth-order valence-corrected chi connectivity index (χ4v) is 2.11. The molecule has 1 aromatic rings. The molecule has 0 fully saturated rings. The summed E-state index contributed by atoms with van der Waals surface area (Å²) in [6, 6.07) is 8.86. The van der Waals surface area contributed by atoms with E-state index in [0.717, 1.165) is 31.1 Å². The third-order valence-corrected chi connectivity index (χ3v) is 3.55. The summed E-state index contributed by atoms with van der Waals surface area (Å²) in [5, 5.41) is 3.63. The van der Waals surface area contributed by atoms with Crippen molar-refractivity contribution < 1.29 is 4.74 Å². The zero-order valence-corrected chi connectivity index (χ0v) is 12.9. The number of hydrogen-bond donors (Lipinski definition) is 1. The highest BCUT2D eigenvalue weighted by Crippen LogP contribution is 2.21. The van der Waals surface area contributed by atoms with Gasteiger partial charge in [0.15, 0.2) is 0 Å². The quantitative estimate of drug-likeness (QED) is 0.669. The van der Waals surface area contributed by atoms with Crippen molar-refractivity contribution >= 4 is 5.69 Å². The van der Waals surface area contributed by atoms with Crippen molar-refractivity contribution in [1.82, 2.24) is 0 Å². The molecule has 19 heavy (non-hydrogen) atoms. The van der Waals surface area contributed by atoms with E-state index in [-0.39, 0.29) is 0 Å². The number of rotatable bonds is 9. The van der Waals surface area contributed by atoms with E-state index >= 15 is 0 Å². The molecule has 1 N–H and O–H groups in total. The second-order valence-electron chi connectivity index (χ2n) is 5.37. The number of benzene rings is 1.